The molecule has 0 fully saturated rings. The van der Waals surface area contributed by atoms with Crippen LogP contribution in [-0.4, -0.2) is 19.6 Å². The summed E-state index contributed by atoms with van der Waals surface area (Å²) in [7, 11) is 1.68. The van der Waals surface area contributed by atoms with E-state index in [0.29, 0.717) is 19.1 Å². The quantitative estimate of drug-likeness (QED) is 0.406. The highest BCUT2D eigenvalue weighted by atomic mass is 127. The molecule has 130 valence electrons. The number of aliphatic imine (C=N–C) groups is 1. The molecule has 4 nitrogen and oxygen atoms in total. The molecule has 5 heteroatoms. The van der Waals surface area contributed by atoms with Gasteiger partial charge in [-0.2, -0.15) is 0 Å². The average molecular weight is 439 g/mol. The second kappa shape index (κ2) is 10.3. The first kappa shape index (κ1) is 20.4. The summed E-state index contributed by atoms with van der Waals surface area (Å²) in [6.07, 6.45) is 0.883. The van der Waals surface area contributed by atoms with E-state index in [1.807, 2.05) is 24.3 Å². The standard InChI is InChI=1S/C19H25N3O.HI/c1-14-8-9-16(15(2)12-14)10-11-21-19(20)22-18-7-5-4-6-17(18)13-23-3;/h4-9,12H,10-11,13H2,1-3H3,(H3,20,21,22);1H. The largest absolute Gasteiger partial charge is 0.380 e. The van der Waals surface area contributed by atoms with E-state index in [9.17, 15) is 0 Å². The molecule has 0 unspecified atom stereocenters. The lowest BCUT2D eigenvalue weighted by atomic mass is 10.0. The number of hydrogen-bond acceptors (Lipinski definition) is 2. The molecule has 0 radical (unpaired) electrons. The molecule has 0 aliphatic carbocycles. The predicted octanol–water partition coefficient (Wildman–Crippen LogP) is 4.04. The Morgan fingerprint density at radius 3 is 2.58 bits per heavy atom. The Morgan fingerprint density at radius 1 is 1.12 bits per heavy atom. The molecule has 0 saturated heterocycles. The molecule has 24 heavy (non-hydrogen) atoms. The minimum Gasteiger partial charge on any atom is -0.380 e. The van der Waals surface area contributed by atoms with Gasteiger partial charge in [-0.15, -0.1) is 24.0 Å². The van der Waals surface area contributed by atoms with Crippen LogP contribution in [-0.2, 0) is 17.8 Å². The minimum absolute atomic E-state index is 0. The van der Waals surface area contributed by atoms with Crippen LogP contribution >= 0.6 is 24.0 Å². The molecule has 0 saturated carbocycles. The van der Waals surface area contributed by atoms with Crippen LogP contribution in [0, 0.1) is 13.8 Å². The van der Waals surface area contributed by atoms with Crippen LogP contribution in [0.2, 0.25) is 0 Å². The molecule has 3 N–H and O–H groups in total. The number of halogens is 1. The van der Waals surface area contributed by atoms with Gasteiger partial charge in [0.25, 0.3) is 0 Å². The van der Waals surface area contributed by atoms with Crippen LogP contribution in [0.15, 0.2) is 47.5 Å². The SMILES string of the molecule is COCc1ccccc1NC(N)=NCCc1ccc(C)cc1C.I. The van der Waals surface area contributed by atoms with Crippen molar-refractivity contribution in [2.75, 3.05) is 19.0 Å². The summed E-state index contributed by atoms with van der Waals surface area (Å²) >= 11 is 0. The summed E-state index contributed by atoms with van der Waals surface area (Å²) in [5.41, 5.74) is 11.9. The summed E-state index contributed by atoms with van der Waals surface area (Å²) in [4.78, 5) is 4.42. The minimum atomic E-state index is 0. The fraction of sp³-hybridized carbons (Fsp3) is 0.316. The number of nitrogens with two attached hydrogens (primary N) is 1. The highest BCUT2D eigenvalue weighted by Crippen LogP contribution is 2.15. The first-order valence-corrected chi connectivity index (χ1v) is 7.80. The second-order valence-corrected chi connectivity index (χ2v) is 5.66. The van der Waals surface area contributed by atoms with E-state index in [2.05, 4.69) is 42.4 Å². The van der Waals surface area contributed by atoms with Gasteiger partial charge in [0.05, 0.1) is 6.61 Å². The molecule has 0 atom stereocenters. The zero-order valence-corrected chi connectivity index (χ0v) is 16.8. The van der Waals surface area contributed by atoms with Gasteiger partial charge < -0.3 is 15.8 Å². The van der Waals surface area contributed by atoms with Crippen molar-refractivity contribution in [3.63, 3.8) is 0 Å². The Kier molecular flexibility index (Phi) is 8.78. The maximum Gasteiger partial charge on any atom is 0.193 e. The van der Waals surface area contributed by atoms with Crippen LogP contribution < -0.4 is 11.1 Å². The van der Waals surface area contributed by atoms with Gasteiger partial charge in [0.2, 0.25) is 0 Å². The van der Waals surface area contributed by atoms with Gasteiger partial charge >= 0.3 is 0 Å². The number of anilines is 1. The number of nitrogens with one attached hydrogen (secondary N) is 1. The van der Waals surface area contributed by atoms with Gasteiger partial charge in [-0.3, -0.25) is 4.99 Å². The van der Waals surface area contributed by atoms with Gasteiger partial charge in [0.1, 0.15) is 0 Å². The van der Waals surface area contributed by atoms with Crippen molar-refractivity contribution < 1.29 is 4.74 Å². The van der Waals surface area contributed by atoms with Crippen molar-refractivity contribution in [1.29, 1.82) is 0 Å². The van der Waals surface area contributed by atoms with E-state index >= 15 is 0 Å². The fourth-order valence-electron chi connectivity index (χ4n) is 2.52. The van der Waals surface area contributed by atoms with Crippen molar-refractivity contribution in [3.8, 4) is 0 Å². The molecule has 0 aromatic heterocycles. The molecule has 2 rings (SSSR count). The predicted molar refractivity (Wildman–Crippen MR) is 112 cm³/mol. The molecular weight excluding hydrogens is 413 g/mol. The zero-order chi connectivity index (χ0) is 16.7. The van der Waals surface area contributed by atoms with Crippen molar-refractivity contribution in [1.82, 2.24) is 0 Å². The van der Waals surface area contributed by atoms with E-state index in [-0.39, 0.29) is 24.0 Å². The lowest BCUT2D eigenvalue weighted by molar-refractivity contribution is 0.185. The number of ether oxygens (including phenoxy) is 1. The van der Waals surface area contributed by atoms with Gasteiger partial charge in [0.15, 0.2) is 5.96 Å². The molecule has 0 bridgehead atoms. The second-order valence-electron chi connectivity index (χ2n) is 5.66. The fourth-order valence-corrected chi connectivity index (χ4v) is 2.52. The summed E-state index contributed by atoms with van der Waals surface area (Å²) in [6, 6.07) is 14.4. The molecule has 0 amide bonds. The van der Waals surface area contributed by atoms with E-state index in [1.165, 1.54) is 16.7 Å². The Morgan fingerprint density at radius 2 is 1.88 bits per heavy atom. The number of para-hydroxylation sites is 1. The number of methoxy groups -OCH3 is 1. The lowest BCUT2D eigenvalue weighted by Crippen LogP contribution is -2.23. The highest BCUT2D eigenvalue weighted by Gasteiger charge is 2.03. The number of aryl methyl sites for hydroxylation is 2. The Balaban J connectivity index is 0.00000288. The Labute approximate surface area is 161 Å². The summed E-state index contributed by atoms with van der Waals surface area (Å²) in [6.45, 7) is 5.44. The van der Waals surface area contributed by atoms with Crippen molar-refractivity contribution in [3.05, 3.63) is 64.7 Å². The molecular formula is C19H26IN3O. The van der Waals surface area contributed by atoms with Gasteiger partial charge in [-0.05, 0) is 37.5 Å². The summed E-state index contributed by atoms with van der Waals surface area (Å²) in [5.74, 6) is 0.429. The number of hydrogen-bond donors (Lipinski definition) is 2. The van der Waals surface area contributed by atoms with Crippen molar-refractivity contribution >= 4 is 35.6 Å². The number of nitrogens with zero attached hydrogens (tertiary/aromatic N) is 1. The first-order chi connectivity index (χ1) is 11.1. The normalized spacial score (nSPS) is 11.0. The third-order valence-corrected chi connectivity index (χ3v) is 3.74. The molecule has 2 aromatic carbocycles. The third-order valence-electron chi connectivity index (χ3n) is 3.74. The topological polar surface area (TPSA) is 59.6 Å². The average Bonchev–Trinajstić information content (AvgIpc) is 2.52. The van der Waals surface area contributed by atoms with Crippen LogP contribution in [0.1, 0.15) is 22.3 Å². The number of benzene rings is 2. The van der Waals surface area contributed by atoms with E-state index in [0.717, 1.165) is 17.7 Å². The van der Waals surface area contributed by atoms with Crippen molar-refractivity contribution in [2.24, 2.45) is 10.7 Å². The van der Waals surface area contributed by atoms with Gasteiger partial charge in [0, 0.05) is 24.9 Å². The van der Waals surface area contributed by atoms with Crippen LogP contribution in [0.3, 0.4) is 0 Å². The Bertz CT molecular complexity index is 686. The lowest BCUT2D eigenvalue weighted by Gasteiger charge is -2.11. The number of rotatable bonds is 6. The van der Waals surface area contributed by atoms with Crippen LogP contribution in [0.25, 0.3) is 0 Å². The smallest absolute Gasteiger partial charge is 0.193 e. The zero-order valence-electron chi connectivity index (χ0n) is 14.5. The van der Waals surface area contributed by atoms with Gasteiger partial charge in [-0.1, -0.05) is 42.0 Å². The molecule has 2 aromatic rings. The monoisotopic (exact) mass is 439 g/mol. The van der Waals surface area contributed by atoms with Crippen LogP contribution in [0.4, 0.5) is 5.69 Å². The maximum absolute atomic E-state index is 6.00. The molecule has 0 aliphatic rings. The first-order valence-electron chi connectivity index (χ1n) is 7.80. The van der Waals surface area contributed by atoms with E-state index < -0.39 is 0 Å². The highest BCUT2D eigenvalue weighted by molar-refractivity contribution is 14.0. The maximum atomic E-state index is 6.00. The molecule has 0 aliphatic heterocycles. The molecule has 0 heterocycles. The van der Waals surface area contributed by atoms with E-state index in [1.54, 1.807) is 7.11 Å². The summed E-state index contributed by atoms with van der Waals surface area (Å²) < 4.78 is 5.19. The number of guanidine groups is 1. The summed E-state index contributed by atoms with van der Waals surface area (Å²) in [5, 5.41) is 3.15. The van der Waals surface area contributed by atoms with E-state index in [4.69, 9.17) is 10.5 Å². The molecule has 0 spiro atoms. The third kappa shape index (κ3) is 6.13. The van der Waals surface area contributed by atoms with Crippen LogP contribution in [0.5, 0.6) is 0 Å². The van der Waals surface area contributed by atoms with Crippen molar-refractivity contribution in [2.45, 2.75) is 26.9 Å². The van der Waals surface area contributed by atoms with Gasteiger partial charge in [-0.25, -0.2) is 0 Å². The Hall–Kier alpha value is -1.60.